The van der Waals surface area contributed by atoms with E-state index in [4.69, 9.17) is 9.47 Å². The third-order valence-electron chi connectivity index (χ3n) is 5.00. The predicted molar refractivity (Wildman–Crippen MR) is 116 cm³/mol. The molecule has 0 spiro atoms. The normalized spacial score (nSPS) is 14.6. The van der Waals surface area contributed by atoms with Crippen molar-refractivity contribution in [2.75, 3.05) is 18.1 Å². The SMILES string of the molecule is Cc1cccc(N(c2ccc(C3OCCO3)cc2)c2ccc3sccc3c2)c1. The van der Waals surface area contributed by atoms with Gasteiger partial charge in [-0.3, -0.25) is 0 Å². The van der Waals surface area contributed by atoms with E-state index in [9.17, 15) is 0 Å². The maximum atomic E-state index is 5.63. The molecule has 140 valence electrons. The molecule has 0 saturated carbocycles. The van der Waals surface area contributed by atoms with Gasteiger partial charge in [0, 0.05) is 27.3 Å². The minimum absolute atomic E-state index is 0.247. The van der Waals surface area contributed by atoms with Gasteiger partial charge in [-0.25, -0.2) is 0 Å². The summed E-state index contributed by atoms with van der Waals surface area (Å²) in [5.41, 5.74) is 5.71. The van der Waals surface area contributed by atoms with Crippen LogP contribution in [-0.2, 0) is 9.47 Å². The molecule has 1 aliphatic heterocycles. The molecular weight excluding hydrogens is 366 g/mol. The Balaban J connectivity index is 1.59. The van der Waals surface area contributed by atoms with Gasteiger partial charge in [-0.15, -0.1) is 11.3 Å². The highest BCUT2D eigenvalue weighted by Crippen LogP contribution is 2.38. The van der Waals surface area contributed by atoms with E-state index >= 15 is 0 Å². The molecule has 0 amide bonds. The number of nitrogens with zero attached hydrogens (tertiary/aromatic N) is 1. The van der Waals surface area contributed by atoms with Crippen LogP contribution in [0.15, 0.2) is 78.2 Å². The molecule has 1 fully saturated rings. The Morgan fingerprint density at radius 2 is 1.57 bits per heavy atom. The molecule has 0 bridgehead atoms. The number of fused-ring (bicyclic) bond motifs is 1. The molecule has 0 N–H and O–H groups in total. The van der Waals surface area contributed by atoms with Crippen molar-refractivity contribution in [3.05, 3.63) is 89.3 Å². The first-order valence-corrected chi connectivity index (χ1v) is 10.3. The van der Waals surface area contributed by atoms with Gasteiger partial charge in [-0.05, 0) is 71.8 Å². The van der Waals surface area contributed by atoms with E-state index in [0.29, 0.717) is 13.2 Å². The monoisotopic (exact) mass is 387 g/mol. The molecule has 0 unspecified atom stereocenters. The highest BCUT2D eigenvalue weighted by atomic mass is 32.1. The van der Waals surface area contributed by atoms with Gasteiger partial charge in [0.05, 0.1) is 13.2 Å². The second-order valence-electron chi connectivity index (χ2n) is 6.98. The summed E-state index contributed by atoms with van der Waals surface area (Å²) in [6, 6.07) is 25.9. The van der Waals surface area contributed by atoms with E-state index < -0.39 is 0 Å². The molecule has 28 heavy (non-hydrogen) atoms. The van der Waals surface area contributed by atoms with Gasteiger partial charge >= 0.3 is 0 Å². The number of hydrogen-bond donors (Lipinski definition) is 0. The fraction of sp³-hybridized carbons (Fsp3) is 0.167. The van der Waals surface area contributed by atoms with Gasteiger partial charge in [0.1, 0.15) is 0 Å². The van der Waals surface area contributed by atoms with E-state index in [2.05, 4.69) is 90.0 Å². The van der Waals surface area contributed by atoms with Crippen molar-refractivity contribution in [2.45, 2.75) is 13.2 Å². The highest BCUT2D eigenvalue weighted by Gasteiger charge is 2.19. The van der Waals surface area contributed by atoms with E-state index in [1.165, 1.54) is 15.6 Å². The molecular formula is C24H21NO2S. The summed E-state index contributed by atoms with van der Waals surface area (Å²) >= 11 is 1.77. The molecule has 1 saturated heterocycles. The largest absolute Gasteiger partial charge is 0.346 e. The lowest BCUT2D eigenvalue weighted by atomic mass is 10.1. The lowest BCUT2D eigenvalue weighted by Gasteiger charge is -2.26. The van der Waals surface area contributed by atoms with Crippen molar-refractivity contribution in [1.29, 1.82) is 0 Å². The third-order valence-corrected chi connectivity index (χ3v) is 5.90. The Morgan fingerprint density at radius 3 is 2.36 bits per heavy atom. The smallest absolute Gasteiger partial charge is 0.184 e. The van der Waals surface area contributed by atoms with Crippen molar-refractivity contribution in [3.8, 4) is 0 Å². The number of ether oxygens (including phenoxy) is 2. The first kappa shape index (κ1) is 17.4. The molecule has 1 aromatic heterocycles. The lowest BCUT2D eigenvalue weighted by Crippen LogP contribution is -2.10. The lowest BCUT2D eigenvalue weighted by molar-refractivity contribution is -0.0441. The number of anilines is 3. The zero-order valence-corrected chi connectivity index (χ0v) is 16.5. The minimum atomic E-state index is -0.247. The van der Waals surface area contributed by atoms with Gasteiger partial charge in [0.25, 0.3) is 0 Å². The van der Waals surface area contributed by atoms with Gasteiger partial charge in [0.2, 0.25) is 0 Å². The zero-order chi connectivity index (χ0) is 18.9. The van der Waals surface area contributed by atoms with E-state index in [1.54, 1.807) is 11.3 Å². The van der Waals surface area contributed by atoms with Crippen LogP contribution < -0.4 is 4.90 Å². The highest BCUT2D eigenvalue weighted by molar-refractivity contribution is 7.17. The summed E-state index contributed by atoms with van der Waals surface area (Å²) < 4.78 is 12.6. The molecule has 4 heteroatoms. The fourth-order valence-electron chi connectivity index (χ4n) is 3.64. The topological polar surface area (TPSA) is 21.7 Å². The summed E-state index contributed by atoms with van der Waals surface area (Å²) in [7, 11) is 0. The fourth-order valence-corrected chi connectivity index (χ4v) is 4.41. The zero-order valence-electron chi connectivity index (χ0n) is 15.7. The van der Waals surface area contributed by atoms with Crippen molar-refractivity contribution >= 4 is 38.5 Å². The summed E-state index contributed by atoms with van der Waals surface area (Å²) in [6.45, 7) is 3.44. The summed E-state index contributed by atoms with van der Waals surface area (Å²) in [6.07, 6.45) is -0.247. The minimum Gasteiger partial charge on any atom is -0.346 e. The van der Waals surface area contributed by atoms with Crippen LogP contribution in [0.4, 0.5) is 17.1 Å². The van der Waals surface area contributed by atoms with Crippen LogP contribution in [0, 0.1) is 6.92 Å². The summed E-state index contributed by atoms with van der Waals surface area (Å²) in [5.74, 6) is 0. The van der Waals surface area contributed by atoms with Crippen molar-refractivity contribution < 1.29 is 9.47 Å². The quantitative estimate of drug-likeness (QED) is 0.388. The van der Waals surface area contributed by atoms with Crippen molar-refractivity contribution in [2.24, 2.45) is 0 Å². The van der Waals surface area contributed by atoms with Crippen molar-refractivity contribution in [3.63, 3.8) is 0 Å². The first-order chi connectivity index (χ1) is 13.8. The van der Waals surface area contributed by atoms with Gasteiger partial charge in [-0.1, -0.05) is 24.3 Å². The molecule has 1 aliphatic rings. The maximum absolute atomic E-state index is 5.63. The number of hydrogen-bond acceptors (Lipinski definition) is 4. The molecule has 0 aliphatic carbocycles. The van der Waals surface area contributed by atoms with Crippen LogP contribution in [-0.4, -0.2) is 13.2 Å². The number of thiophene rings is 1. The summed E-state index contributed by atoms with van der Waals surface area (Å²) in [5, 5.41) is 3.41. The Kier molecular flexibility index (Phi) is 4.61. The molecule has 4 aromatic rings. The third kappa shape index (κ3) is 3.31. The molecule has 3 nitrogen and oxygen atoms in total. The maximum Gasteiger partial charge on any atom is 0.184 e. The Labute approximate surface area is 168 Å². The van der Waals surface area contributed by atoms with Crippen LogP contribution in [0.2, 0.25) is 0 Å². The molecule has 2 heterocycles. The van der Waals surface area contributed by atoms with Crippen LogP contribution in [0.1, 0.15) is 17.4 Å². The predicted octanol–water partition coefficient (Wildman–Crippen LogP) is 6.72. The number of rotatable bonds is 4. The Hall–Kier alpha value is -2.66. The van der Waals surface area contributed by atoms with E-state index in [0.717, 1.165) is 22.6 Å². The van der Waals surface area contributed by atoms with Crippen LogP contribution in [0.3, 0.4) is 0 Å². The summed E-state index contributed by atoms with van der Waals surface area (Å²) in [4.78, 5) is 2.30. The average Bonchev–Trinajstić information content (AvgIpc) is 3.41. The molecule has 5 rings (SSSR count). The van der Waals surface area contributed by atoms with E-state index in [-0.39, 0.29) is 6.29 Å². The van der Waals surface area contributed by atoms with Gasteiger partial charge in [0.15, 0.2) is 6.29 Å². The average molecular weight is 388 g/mol. The molecule has 3 aromatic carbocycles. The van der Waals surface area contributed by atoms with Crippen LogP contribution >= 0.6 is 11.3 Å². The second-order valence-corrected chi connectivity index (χ2v) is 7.93. The first-order valence-electron chi connectivity index (χ1n) is 9.45. The number of benzene rings is 3. The van der Waals surface area contributed by atoms with Gasteiger partial charge in [-0.2, -0.15) is 0 Å². The standard InChI is InChI=1S/C24H21NO2S/c1-17-3-2-4-21(15-17)25(22-9-10-23-19(16-22)11-14-28-23)20-7-5-18(6-8-20)24-26-12-13-27-24/h2-11,14-16,24H,12-13H2,1H3. The van der Waals surface area contributed by atoms with E-state index in [1.807, 2.05) is 0 Å². The van der Waals surface area contributed by atoms with Gasteiger partial charge < -0.3 is 14.4 Å². The molecule has 0 atom stereocenters. The second kappa shape index (κ2) is 7.40. The van der Waals surface area contributed by atoms with Crippen molar-refractivity contribution in [1.82, 2.24) is 0 Å². The molecule has 0 radical (unpaired) electrons. The Bertz CT molecular complexity index is 1100. The van der Waals surface area contributed by atoms with Crippen LogP contribution in [0.5, 0.6) is 0 Å². The number of aryl methyl sites for hydroxylation is 1. The van der Waals surface area contributed by atoms with Crippen LogP contribution in [0.25, 0.3) is 10.1 Å². The Morgan fingerprint density at radius 1 is 0.821 bits per heavy atom.